The largest absolute Gasteiger partial charge is 0.494 e. The minimum absolute atomic E-state index is 0.00824. The number of carbonyl (C=O) groups excluding carboxylic acids is 2. The van der Waals surface area contributed by atoms with Crippen LogP contribution in [0.3, 0.4) is 0 Å². The zero-order valence-corrected chi connectivity index (χ0v) is 19.3. The molecule has 172 valence electrons. The number of amides is 2. The molecule has 1 N–H and O–H groups in total. The number of fused-ring (bicyclic) bond motifs is 1. The van der Waals surface area contributed by atoms with E-state index >= 15 is 0 Å². The Hall–Kier alpha value is -2.90. The van der Waals surface area contributed by atoms with Crippen molar-refractivity contribution >= 4 is 11.8 Å². The van der Waals surface area contributed by atoms with Gasteiger partial charge in [0.15, 0.2) is 5.82 Å². The lowest BCUT2D eigenvalue weighted by Crippen LogP contribution is -2.40. The van der Waals surface area contributed by atoms with E-state index in [1.807, 2.05) is 49.9 Å². The molecule has 2 fully saturated rings. The summed E-state index contributed by atoms with van der Waals surface area (Å²) in [5.41, 5.74) is 0.545. The van der Waals surface area contributed by atoms with Gasteiger partial charge in [-0.2, -0.15) is 4.98 Å². The first-order valence-electron chi connectivity index (χ1n) is 11.4. The lowest BCUT2D eigenvalue weighted by Gasteiger charge is -2.26. The second-order valence-electron chi connectivity index (χ2n) is 9.33. The minimum atomic E-state index is -0.400. The van der Waals surface area contributed by atoms with Crippen LogP contribution in [-0.2, 0) is 21.4 Å². The van der Waals surface area contributed by atoms with E-state index in [0.717, 1.165) is 17.7 Å². The number of ether oxygens (including phenoxy) is 1. The molecule has 4 rings (SSSR count). The molecule has 1 aromatic carbocycles. The summed E-state index contributed by atoms with van der Waals surface area (Å²) in [6.45, 7) is 9.41. The van der Waals surface area contributed by atoms with Crippen molar-refractivity contribution in [2.75, 3.05) is 19.7 Å². The van der Waals surface area contributed by atoms with Crippen LogP contribution >= 0.6 is 0 Å². The highest BCUT2D eigenvalue weighted by molar-refractivity contribution is 5.79. The fraction of sp³-hybridized carbons (Fsp3) is 0.583. The second kappa shape index (κ2) is 8.92. The Morgan fingerprint density at radius 1 is 1.31 bits per heavy atom. The number of benzene rings is 1. The van der Waals surface area contributed by atoms with Gasteiger partial charge in [0.1, 0.15) is 5.75 Å². The Kier molecular flexibility index (Phi) is 6.22. The third-order valence-corrected chi connectivity index (χ3v) is 6.60. The smallest absolute Gasteiger partial charge is 0.235 e. The van der Waals surface area contributed by atoms with Gasteiger partial charge in [0.05, 0.1) is 18.4 Å². The van der Waals surface area contributed by atoms with Crippen LogP contribution in [0.15, 0.2) is 28.8 Å². The van der Waals surface area contributed by atoms with Gasteiger partial charge in [-0.3, -0.25) is 9.59 Å². The number of aromatic nitrogens is 2. The third kappa shape index (κ3) is 4.36. The fourth-order valence-electron chi connectivity index (χ4n) is 5.18. The maximum Gasteiger partial charge on any atom is 0.235 e. The quantitative estimate of drug-likeness (QED) is 0.711. The molecule has 0 spiro atoms. The molecule has 1 aliphatic carbocycles. The van der Waals surface area contributed by atoms with E-state index in [9.17, 15) is 9.59 Å². The summed E-state index contributed by atoms with van der Waals surface area (Å²) in [5.74, 6) is 2.24. The molecule has 1 aromatic heterocycles. The topological polar surface area (TPSA) is 97.6 Å². The van der Waals surface area contributed by atoms with Gasteiger partial charge in [0, 0.05) is 25.0 Å². The molecular weight excluding hydrogens is 408 g/mol. The Labute approximate surface area is 188 Å². The molecule has 1 aliphatic heterocycles. The average molecular weight is 441 g/mol. The number of nitrogens with zero attached hydrogens (tertiary/aromatic N) is 3. The van der Waals surface area contributed by atoms with Gasteiger partial charge >= 0.3 is 0 Å². The number of likely N-dealkylation sites (tertiary alicyclic amines) is 1. The molecule has 0 radical (unpaired) electrons. The molecule has 2 heterocycles. The van der Waals surface area contributed by atoms with E-state index in [2.05, 4.69) is 15.5 Å². The number of rotatable bonds is 7. The van der Waals surface area contributed by atoms with Crippen LogP contribution in [-0.4, -0.2) is 52.6 Å². The van der Waals surface area contributed by atoms with Crippen molar-refractivity contribution in [2.24, 2.45) is 11.8 Å². The van der Waals surface area contributed by atoms with Crippen molar-refractivity contribution in [1.82, 2.24) is 20.4 Å². The molecule has 1 saturated heterocycles. The molecular formula is C24H32N4O4. The summed E-state index contributed by atoms with van der Waals surface area (Å²) in [5, 5.41) is 7.20. The zero-order valence-electron chi connectivity index (χ0n) is 19.3. The van der Waals surface area contributed by atoms with Gasteiger partial charge < -0.3 is 19.5 Å². The second-order valence-corrected chi connectivity index (χ2v) is 9.33. The van der Waals surface area contributed by atoms with Crippen LogP contribution in [0, 0.1) is 18.8 Å². The van der Waals surface area contributed by atoms with Gasteiger partial charge in [0.2, 0.25) is 17.7 Å². The predicted octanol–water partition coefficient (Wildman–Crippen LogP) is 2.65. The highest BCUT2D eigenvalue weighted by Crippen LogP contribution is 2.50. The summed E-state index contributed by atoms with van der Waals surface area (Å²) >= 11 is 0. The summed E-state index contributed by atoms with van der Waals surface area (Å²) in [7, 11) is 0. The molecule has 2 aliphatic rings. The average Bonchev–Trinajstić information content (AvgIpc) is 3.41. The number of hydrogen-bond donors (Lipinski definition) is 1. The van der Waals surface area contributed by atoms with Gasteiger partial charge in [-0.15, -0.1) is 0 Å². The first kappa shape index (κ1) is 22.3. The van der Waals surface area contributed by atoms with E-state index in [0.29, 0.717) is 44.3 Å². The summed E-state index contributed by atoms with van der Waals surface area (Å²) in [4.78, 5) is 31.9. The van der Waals surface area contributed by atoms with E-state index in [4.69, 9.17) is 9.26 Å². The molecule has 1 saturated carbocycles. The number of carbonyl (C=O) groups is 2. The van der Waals surface area contributed by atoms with Gasteiger partial charge in [-0.05, 0) is 50.3 Å². The van der Waals surface area contributed by atoms with Crippen molar-refractivity contribution in [1.29, 1.82) is 0 Å². The van der Waals surface area contributed by atoms with E-state index in [1.165, 1.54) is 0 Å². The Balaban J connectivity index is 1.44. The van der Waals surface area contributed by atoms with Gasteiger partial charge in [0.25, 0.3) is 0 Å². The number of hydrogen-bond acceptors (Lipinski definition) is 6. The Morgan fingerprint density at radius 2 is 2.06 bits per heavy atom. The van der Waals surface area contributed by atoms with Crippen LogP contribution in [0.5, 0.6) is 5.75 Å². The molecule has 0 bridgehead atoms. The van der Waals surface area contributed by atoms with Crippen LogP contribution in [0.1, 0.15) is 50.9 Å². The van der Waals surface area contributed by atoms with Gasteiger partial charge in [-0.1, -0.05) is 31.1 Å². The molecule has 3 atom stereocenters. The molecule has 32 heavy (non-hydrogen) atoms. The van der Waals surface area contributed by atoms with Crippen molar-refractivity contribution in [2.45, 2.75) is 58.4 Å². The third-order valence-electron chi connectivity index (χ3n) is 6.60. The zero-order chi connectivity index (χ0) is 22.9. The van der Waals surface area contributed by atoms with Crippen molar-refractivity contribution in [3.63, 3.8) is 0 Å². The van der Waals surface area contributed by atoms with Gasteiger partial charge in [-0.25, -0.2) is 0 Å². The highest BCUT2D eigenvalue weighted by atomic mass is 16.5. The summed E-state index contributed by atoms with van der Waals surface area (Å²) < 4.78 is 11.1. The summed E-state index contributed by atoms with van der Waals surface area (Å²) in [6.07, 6.45) is 1.80. The SMILES string of the molecule is CCOc1ccc(CC(=O)N[C@@H]2CC3CN(C(=O)C(C)C)C[C@@]3(c3nc(C)no3)C2)cc1. The fourth-order valence-corrected chi connectivity index (χ4v) is 5.18. The Morgan fingerprint density at radius 3 is 2.69 bits per heavy atom. The van der Waals surface area contributed by atoms with Crippen LogP contribution < -0.4 is 10.1 Å². The van der Waals surface area contributed by atoms with Crippen molar-refractivity contribution in [3.8, 4) is 5.75 Å². The van der Waals surface area contributed by atoms with E-state index in [1.54, 1.807) is 6.92 Å². The van der Waals surface area contributed by atoms with Crippen molar-refractivity contribution in [3.05, 3.63) is 41.5 Å². The van der Waals surface area contributed by atoms with Crippen LogP contribution in [0.2, 0.25) is 0 Å². The van der Waals surface area contributed by atoms with E-state index < -0.39 is 5.41 Å². The van der Waals surface area contributed by atoms with Crippen molar-refractivity contribution < 1.29 is 18.8 Å². The number of nitrogens with one attached hydrogen (secondary N) is 1. The molecule has 2 aromatic rings. The maximum absolute atomic E-state index is 12.7. The van der Waals surface area contributed by atoms with Crippen LogP contribution in [0.25, 0.3) is 0 Å². The maximum atomic E-state index is 12.7. The minimum Gasteiger partial charge on any atom is -0.494 e. The first-order valence-corrected chi connectivity index (χ1v) is 11.4. The lowest BCUT2D eigenvalue weighted by atomic mass is 9.80. The molecule has 1 unspecified atom stereocenters. The molecule has 8 nitrogen and oxygen atoms in total. The monoisotopic (exact) mass is 440 g/mol. The normalized spacial score (nSPS) is 24.6. The first-order chi connectivity index (χ1) is 15.3. The molecule has 2 amide bonds. The Bertz CT molecular complexity index is 971. The standard InChI is InChI=1S/C24H32N4O4/c1-5-31-20-8-6-17(7-9-20)10-21(29)26-19-11-18-13-28(22(30)15(2)3)14-24(18,12-19)23-25-16(4)27-32-23/h6-9,15,18-19H,5,10-14H2,1-4H3,(H,26,29)/t18?,19-,24+/m1/s1. The lowest BCUT2D eigenvalue weighted by molar-refractivity contribution is -0.134. The summed E-state index contributed by atoms with van der Waals surface area (Å²) in [6, 6.07) is 7.63. The highest BCUT2D eigenvalue weighted by Gasteiger charge is 2.58. The molecule has 8 heteroatoms. The van der Waals surface area contributed by atoms with E-state index in [-0.39, 0.29) is 29.7 Å². The van der Waals surface area contributed by atoms with Crippen LogP contribution in [0.4, 0.5) is 0 Å². The predicted molar refractivity (Wildman–Crippen MR) is 118 cm³/mol. The number of aryl methyl sites for hydroxylation is 1.